The van der Waals surface area contributed by atoms with Gasteiger partial charge in [0, 0.05) is 37.1 Å². The number of hydrogen-bond donors (Lipinski definition) is 1. The van der Waals surface area contributed by atoms with E-state index in [1.807, 2.05) is 18.2 Å². The smallest absolute Gasteiger partial charge is 0.161 e. The minimum atomic E-state index is -0.0359. The van der Waals surface area contributed by atoms with Crippen LogP contribution in [-0.2, 0) is 0 Å². The lowest BCUT2D eigenvalue weighted by Crippen LogP contribution is -2.46. The second kappa shape index (κ2) is 10.5. The highest BCUT2D eigenvalue weighted by Gasteiger charge is 2.20. The Morgan fingerprint density at radius 3 is 2.48 bits per heavy atom. The van der Waals surface area contributed by atoms with E-state index >= 15 is 0 Å². The Kier molecular flexibility index (Phi) is 7.71. The number of aliphatic hydroxyl groups excluding tert-OH is 1. The molecule has 1 aliphatic rings. The summed E-state index contributed by atoms with van der Waals surface area (Å²) < 4.78 is 11.1. The van der Waals surface area contributed by atoms with Crippen LogP contribution >= 0.6 is 0 Å². The topological polar surface area (TPSA) is 58.1 Å². The first-order valence-corrected chi connectivity index (χ1v) is 10.5. The van der Waals surface area contributed by atoms with Crippen LogP contribution in [0, 0.1) is 0 Å². The number of hydrogen-bond acceptors (Lipinski definition) is 6. The Morgan fingerprint density at radius 2 is 1.77 bits per heavy atom. The van der Waals surface area contributed by atoms with E-state index in [0.717, 1.165) is 49.8 Å². The second-order valence-electron chi connectivity index (χ2n) is 7.41. The van der Waals surface area contributed by atoms with Gasteiger partial charge in [0.2, 0.25) is 0 Å². The van der Waals surface area contributed by atoms with Crippen LogP contribution in [0.1, 0.15) is 14.4 Å². The number of pyridine rings is 1. The fraction of sp³-hybridized carbons (Fsp3) is 0.400. The number of ether oxygens (including phenoxy) is 2. The van der Waals surface area contributed by atoms with Gasteiger partial charge >= 0.3 is 0 Å². The number of likely N-dealkylation sites (N-methyl/N-ethyl adjacent to an activating group) is 1. The maximum atomic E-state index is 9.03. The standard InChI is InChI=1S/C24H29N3O3.CH4/c1-3-26-10-12-27(13-11-26)24-20-7-5-4-6-18(20)16-21(25-24)19-8-9-22(30-15-14-28)23(17-19)29-2;/h4-9,16-17,28H,3,10-15H2,1-2H3;1H4. The molecular formula is C25H33N3O3. The molecule has 2 heterocycles. The summed E-state index contributed by atoms with van der Waals surface area (Å²) in [7, 11) is 1.62. The average molecular weight is 424 g/mol. The molecule has 0 radical (unpaired) electrons. The van der Waals surface area contributed by atoms with E-state index in [-0.39, 0.29) is 20.6 Å². The van der Waals surface area contributed by atoms with Crippen molar-refractivity contribution in [3.8, 4) is 22.8 Å². The summed E-state index contributed by atoms with van der Waals surface area (Å²) in [6, 6.07) is 16.4. The molecule has 2 aromatic carbocycles. The minimum Gasteiger partial charge on any atom is -0.493 e. The zero-order valence-corrected chi connectivity index (χ0v) is 17.7. The Morgan fingerprint density at radius 1 is 1.00 bits per heavy atom. The fourth-order valence-electron chi connectivity index (χ4n) is 3.95. The molecule has 0 amide bonds. The Bertz CT molecular complexity index is 1000. The van der Waals surface area contributed by atoms with Crippen molar-refractivity contribution in [3.05, 3.63) is 48.5 Å². The van der Waals surface area contributed by atoms with Crippen molar-refractivity contribution in [1.82, 2.24) is 9.88 Å². The summed E-state index contributed by atoms with van der Waals surface area (Å²) in [5.74, 6) is 2.29. The molecule has 0 bridgehead atoms. The van der Waals surface area contributed by atoms with Gasteiger partial charge in [-0.15, -0.1) is 0 Å². The van der Waals surface area contributed by atoms with Crippen molar-refractivity contribution in [2.75, 3.05) is 57.9 Å². The number of benzene rings is 2. The molecule has 31 heavy (non-hydrogen) atoms. The molecule has 4 rings (SSSR count). The Balaban J connectivity index is 0.00000272. The van der Waals surface area contributed by atoms with Gasteiger partial charge < -0.3 is 24.4 Å². The molecule has 1 aromatic heterocycles. The monoisotopic (exact) mass is 423 g/mol. The maximum absolute atomic E-state index is 9.03. The van der Waals surface area contributed by atoms with Crippen molar-refractivity contribution < 1.29 is 14.6 Å². The fourth-order valence-corrected chi connectivity index (χ4v) is 3.95. The zero-order chi connectivity index (χ0) is 20.9. The normalized spacial score (nSPS) is 14.4. The lowest BCUT2D eigenvalue weighted by Gasteiger charge is -2.35. The molecule has 1 aliphatic heterocycles. The van der Waals surface area contributed by atoms with Crippen molar-refractivity contribution in [2.45, 2.75) is 14.4 Å². The van der Waals surface area contributed by atoms with Gasteiger partial charge in [-0.1, -0.05) is 38.6 Å². The molecular weight excluding hydrogens is 390 g/mol. The third kappa shape index (κ3) is 4.92. The molecule has 0 saturated carbocycles. The predicted molar refractivity (Wildman–Crippen MR) is 127 cm³/mol. The van der Waals surface area contributed by atoms with E-state index in [9.17, 15) is 0 Å². The van der Waals surface area contributed by atoms with E-state index < -0.39 is 0 Å². The Hall–Kier alpha value is -2.83. The molecule has 1 fully saturated rings. The highest BCUT2D eigenvalue weighted by molar-refractivity contribution is 5.95. The first-order chi connectivity index (χ1) is 14.7. The zero-order valence-electron chi connectivity index (χ0n) is 17.7. The first-order valence-electron chi connectivity index (χ1n) is 10.5. The van der Waals surface area contributed by atoms with Crippen molar-refractivity contribution in [2.24, 2.45) is 0 Å². The van der Waals surface area contributed by atoms with Gasteiger partial charge in [-0.2, -0.15) is 0 Å². The molecule has 1 saturated heterocycles. The Labute approximate surface area is 185 Å². The number of methoxy groups -OCH3 is 1. The third-order valence-electron chi connectivity index (χ3n) is 5.65. The van der Waals surface area contributed by atoms with Gasteiger partial charge in [-0.05, 0) is 36.2 Å². The first kappa shape index (κ1) is 22.8. The number of anilines is 1. The summed E-state index contributed by atoms with van der Waals surface area (Å²) >= 11 is 0. The average Bonchev–Trinajstić information content (AvgIpc) is 2.82. The van der Waals surface area contributed by atoms with Crippen LogP contribution in [0.5, 0.6) is 11.5 Å². The number of rotatable bonds is 7. The third-order valence-corrected chi connectivity index (χ3v) is 5.65. The summed E-state index contributed by atoms with van der Waals surface area (Å²) in [5.41, 5.74) is 1.89. The van der Waals surface area contributed by atoms with Gasteiger partial charge in [-0.25, -0.2) is 4.98 Å². The second-order valence-corrected chi connectivity index (χ2v) is 7.41. The molecule has 0 aliphatic carbocycles. The van der Waals surface area contributed by atoms with E-state index in [0.29, 0.717) is 11.5 Å². The summed E-state index contributed by atoms with van der Waals surface area (Å²) in [6.07, 6.45) is 0. The van der Waals surface area contributed by atoms with Crippen LogP contribution in [0.25, 0.3) is 22.0 Å². The van der Waals surface area contributed by atoms with Crippen LogP contribution in [0.2, 0.25) is 0 Å². The van der Waals surface area contributed by atoms with Gasteiger partial charge in [0.25, 0.3) is 0 Å². The summed E-state index contributed by atoms with van der Waals surface area (Å²) in [6.45, 7) is 7.57. The van der Waals surface area contributed by atoms with Crippen LogP contribution < -0.4 is 14.4 Å². The molecule has 6 nitrogen and oxygen atoms in total. The largest absolute Gasteiger partial charge is 0.493 e. The SMILES string of the molecule is C.CCN1CCN(c2nc(-c3ccc(OCCO)c(OC)c3)cc3ccccc23)CC1. The number of aliphatic hydroxyl groups is 1. The van der Waals surface area contributed by atoms with Gasteiger partial charge in [0.15, 0.2) is 11.5 Å². The van der Waals surface area contributed by atoms with Crippen molar-refractivity contribution in [1.29, 1.82) is 0 Å². The van der Waals surface area contributed by atoms with Crippen LogP contribution in [0.4, 0.5) is 5.82 Å². The highest BCUT2D eigenvalue weighted by Crippen LogP contribution is 2.35. The lowest BCUT2D eigenvalue weighted by atomic mass is 10.1. The van der Waals surface area contributed by atoms with Crippen molar-refractivity contribution >= 4 is 16.6 Å². The van der Waals surface area contributed by atoms with E-state index in [2.05, 4.69) is 47.1 Å². The molecule has 6 heteroatoms. The minimum absolute atomic E-state index is 0. The number of piperazine rings is 1. The molecule has 1 N–H and O–H groups in total. The highest BCUT2D eigenvalue weighted by atomic mass is 16.5. The van der Waals surface area contributed by atoms with Crippen molar-refractivity contribution in [3.63, 3.8) is 0 Å². The lowest BCUT2D eigenvalue weighted by molar-refractivity contribution is 0.196. The molecule has 0 unspecified atom stereocenters. The van der Waals surface area contributed by atoms with Crippen LogP contribution in [0.15, 0.2) is 48.5 Å². The van der Waals surface area contributed by atoms with Crippen LogP contribution in [-0.4, -0.2) is 68.0 Å². The number of aromatic nitrogens is 1. The maximum Gasteiger partial charge on any atom is 0.161 e. The molecule has 0 spiro atoms. The predicted octanol–water partition coefficient (Wildman–Crippen LogP) is 4.06. The molecule has 166 valence electrons. The van der Waals surface area contributed by atoms with Gasteiger partial charge in [0.1, 0.15) is 12.4 Å². The summed E-state index contributed by atoms with van der Waals surface area (Å²) in [5, 5.41) is 11.4. The van der Waals surface area contributed by atoms with E-state index in [1.165, 1.54) is 10.8 Å². The number of nitrogens with zero attached hydrogens (tertiary/aromatic N) is 3. The molecule has 0 atom stereocenters. The quantitative estimate of drug-likeness (QED) is 0.619. The van der Waals surface area contributed by atoms with Crippen LogP contribution in [0.3, 0.4) is 0 Å². The van der Waals surface area contributed by atoms with Gasteiger partial charge in [-0.3, -0.25) is 0 Å². The van der Waals surface area contributed by atoms with E-state index in [1.54, 1.807) is 7.11 Å². The van der Waals surface area contributed by atoms with Gasteiger partial charge in [0.05, 0.1) is 19.4 Å². The number of fused-ring (bicyclic) bond motifs is 1. The molecule has 3 aromatic rings. The van der Waals surface area contributed by atoms with E-state index in [4.69, 9.17) is 19.6 Å². The summed E-state index contributed by atoms with van der Waals surface area (Å²) in [4.78, 5) is 9.95.